The van der Waals surface area contributed by atoms with E-state index < -0.39 is 0 Å². The lowest BCUT2D eigenvalue weighted by Crippen LogP contribution is -2.44. The molecule has 0 radical (unpaired) electrons. The topological polar surface area (TPSA) is 27.3 Å². The number of thiocarbonyl (C=S) groups is 1. The summed E-state index contributed by atoms with van der Waals surface area (Å²) in [5.74, 6) is 0. The largest absolute Gasteiger partial charge is 0.338 e. The average molecular weight is 207 g/mol. The first kappa shape index (κ1) is 9.43. The molecule has 1 heterocycles. The molecule has 74 valence electrons. The molecule has 1 atom stereocenters. The van der Waals surface area contributed by atoms with E-state index in [1.54, 1.807) is 0 Å². The molecule has 0 bridgehead atoms. The maximum atomic E-state index is 5.14. The van der Waals surface area contributed by atoms with Crippen LogP contribution in [0.3, 0.4) is 0 Å². The number of nitrogens with one attached hydrogen (secondary N) is 2. The highest BCUT2D eigenvalue weighted by Crippen LogP contribution is 2.21. The minimum Gasteiger partial charge on any atom is -0.338 e. The van der Waals surface area contributed by atoms with Crippen LogP contribution in [-0.4, -0.2) is 17.2 Å². The number of hydrogen-bond acceptors (Lipinski definition) is 2. The Bertz CT molecular complexity index is 352. The molecular weight excluding hydrogens is 194 g/mol. The van der Waals surface area contributed by atoms with E-state index in [-0.39, 0.29) is 5.66 Å². The molecule has 0 aliphatic carbocycles. The van der Waals surface area contributed by atoms with E-state index in [9.17, 15) is 0 Å². The lowest BCUT2D eigenvalue weighted by molar-refractivity contribution is 0.266. The number of hydrogen-bond donors (Lipinski definition) is 2. The molecule has 1 fully saturated rings. The van der Waals surface area contributed by atoms with Crippen LogP contribution in [0.25, 0.3) is 0 Å². The van der Waals surface area contributed by atoms with Crippen LogP contribution in [0.1, 0.15) is 12.5 Å². The smallest absolute Gasteiger partial charge is 0.185 e. The first-order valence-corrected chi connectivity index (χ1v) is 4.92. The van der Waals surface area contributed by atoms with Crippen molar-refractivity contribution in [3.8, 4) is 0 Å². The Balaban J connectivity index is 2.31. The van der Waals surface area contributed by atoms with Gasteiger partial charge in [-0.15, -0.1) is 0 Å². The molecule has 1 aliphatic heterocycles. The Morgan fingerprint density at radius 1 is 1.29 bits per heavy atom. The highest BCUT2D eigenvalue weighted by Gasteiger charge is 2.35. The number of nitrogens with zero attached hydrogens (tertiary/aromatic N) is 1. The van der Waals surface area contributed by atoms with Crippen LogP contribution in [0, 0.1) is 0 Å². The SMILES string of the molecule is CN1N[C@](C)(c2ccccc2)NC1=S. The Labute approximate surface area is 89.1 Å². The second-order valence-corrected chi connectivity index (χ2v) is 3.98. The first-order chi connectivity index (χ1) is 6.62. The zero-order valence-corrected chi connectivity index (χ0v) is 9.06. The zero-order chi connectivity index (χ0) is 10.2. The van der Waals surface area contributed by atoms with Gasteiger partial charge < -0.3 is 5.32 Å². The van der Waals surface area contributed by atoms with Gasteiger partial charge in [0.05, 0.1) is 0 Å². The van der Waals surface area contributed by atoms with E-state index in [2.05, 4.69) is 29.8 Å². The van der Waals surface area contributed by atoms with Gasteiger partial charge in [-0.25, -0.2) is 5.43 Å². The third-order valence-corrected chi connectivity index (χ3v) is 2.78. The monoisotopic (exact) mass is 207 g/mol. The zero-order valence-electron chi connectivity index (χ0n) is 8.24. The van der Waals surface area contributed by atoms with E-state index in [0.29, 0.717) is 0 Å². The second-order valence-electron chi connectivity index (χ2n) is 3.59. The van der Waals surface area contributed by atoms with Gasteiger partial charge in [0, 0.05) is 7.05 Å². The lowest BCUT2D eigenvalue weighted by atomic mass is 10.0. The second kappa shape index (κ2) is 3.22. The summed E-state index contributed by atoms with van der Waals surface area (Å²) < 4.78 is 0. The van der Waals surface area contributed by atoms with Crippen molar-refractivity contribution >= 4 is 17.3 Å². The minimum absolute atomic E-state index is 0.285. The van der Waals surface area contributed by atoms with Crippen molar-refractivity contribution in [2.24, 2.45) is 0 Å². The van der Waals surface area contributed by atoms with E-state index in [4.69, 9.17) is 12.2 Å². The third kappa shape index (κ3) is 1.47. The Hall–Kier alpha value is -1.13. The van der Waals surface area contributed by atoms with Gasteiger partial charge in [-0.3, -0.25) is 5.01 Å². The fourth-order valence-electron chi connectivity index (χ4n) is 1.62. The van der Waals surface area contributed by atoms with Crippen LogP contribution < -0.4 is 10.7 Å². The van der Waals surface area contributed by atoms with Crippen molar-refractivity contribution in [1.82, 2.24) is 15.8 Å². The van der Waals surface area contributed by atoms with Crippen LogP contribution in [-0.2, 0) is 5.66 Å². The van der Waals surface area contributed by atoms with Gasteiger partial charge >= 0.3 is 0 Å². The van der Waals surface area contributed by atoms with Gasteiger partial charge in [-0.2, -0.15) is 0 Å². The highest BCUT2D eigenvalue weighted by atomic mass is 32.1. The molecular formula is C10H13N3S. The van der Waals surface area contributed by atoms with Gasteiger partial charge in [0.1, 0.15) is 5.66 Å². The fraction of sp³-hybridized carbons (Fsp3) is 0.300. The van der Waals surface area contributed by atoms with Crippen molar-refractivity contribution in [3.63, 3.8) is 0 Å². The summed E-state index contributed by atoms with van der Waals surface area (Å²) in [7, 11) is 1.91. The molecule has 0 unspecified atom stereocenters. The van der Waals surface area contributed by atoms with Crippen molar-refractivity contribution in [1.29, 1.82) is 0 Å². The molecule has 2 rings (SSSR count). The summed E-state index contributed by atoms with van der Waals surface area (Å²) in [5, 5.41) is 5.78. The van der Waals surface area contributed by atoms with Gasteiger partial charge in [0.15, 0.2) is 5.11 Å². The number of hydrazine groups is 1. The average Bonchev–Trinajstić information content (AvgIpc) is 2.44. The van der Waals surface area contributed by atoms with Gasteiger partial charge in [0.2, 0.25) is 0 Å². The van der Waals surface area contributed by atoms with Gasteiger partial charge in [0.25, 0.3) is 0 Å². The van der Waals surface area contributed by atoms with Gasteiger partial charge in [-0.05, 0) is 24.7 Å². The molecule has 0 amide bonds. The molecule has 1 aromatic rings. The Morgan fingerprint density at radius 3 is 2.43 bits per heavy atom. The number of benzene rings is 1. The van der Waals surface area contributed by atoms with E-state index >= 15 is 0 Å². The maximum Gasteiger partial charge on any atom is 0.185 e. The van der Waals surface area contributed by atoms with Crippen LogP contribution in [0.5, 0.6) is 0 Å². The van der Waals surface area contributed by atoms with Gasteiger partial charge in [-0.1, -0.05) is 30.3 Å². The molecule has 1 aromatic carbocycles. The molecule has 1 saturated heterocycles. The summed E-state index contributed by atoms with van der Waals surface area (Å²) in [6, 6.07) is 10.2. The predicted octanol–water partition coefficient (Wildman–Crippen LogP) is 1.18. The molecule has 0 saturated carbocycles. The summed E-state index contributed by atoms with van der Waals surface area (Å²) >= 11 is 5.14. The van der Waals surface area contributed by atoms with Crippen LogP contribution in [0.2, 0.25) is 0 Å². The Kier molecular flexibility index (Phi) is 2.17. The fourth-order valence-corrected chi connectivity index (χ4v) is 1.87. The summed E-state index contributed by atoms with van der Waals surface area (Å²) in [4.78, 5) is 0. The molecule has 1 aliphatic rings. The third-order valence-electron chi connectivity index (χ3n) is 2.40. The predicted molar refractivity (Wildman–Crippen MR) is 60.4 cm³/mol. The molecule has 4 heteroatoms. The molecule has 3 nitrogen and oxygen atoms in total. The molecule has 0 aromatic heterocycles. The first-order valence-electron chi connectivity index (χ1n) is 4.51. The van der Waals surface area contributed by atoms with Crippen molar-refractivity contribution in [2.75, 3.05) is 7.05 Å². The van der Waals surface area contributed by atoms with Crippen LogP contribution in [0.15, 0.2) is 30.3 Å². The van der Waals surface area contributed by atoms with Crippen molar-refractivity contribution < 1.29 is 0 Å². The summed E-state index contributed by atoms with van der Waals surface area (Å²) in [6.45, 7) is 2.07. The van der Waals surface area contributed by atoms with E-state index in [1.165, 1.54) is 5.56 Å². The van der Waals surface area contributed by atoms with E-state index in [1.807, 2.05) is 30.3 Å². The molecule has 14 heavy (non-hydrogen) atoms. The summed E-state index contributed by atoms with van der Waals surface area (Å²) in [5.41, 5.74) is 4.17. The van der Waals surface area contributed by atoms with Crippen LogP contribution >= 0.6 is 12.2 Å². The highest BCUT2D eigenvalue weighted by molar-refractivity contribution is 7.80. The molecule has 2 N–H and O–H groups in total. The normalized spacial score (nSPS) is 26.4. The standard InChI is InChI=1S/C10H13N3S/c1-10(8-6-4-3-5-7-8)11-9(14)13(2)12-10/h3-7,12H,1-2H3,(H,11,14)/t10-/m1/s1. The molecule has 0 spiro atoms. The quantitative estimate of drug-likeness (QED) is 0.676. The van der Waals surface area contributed by atoms with Crippen molar-refractivity contribution in [3.05, 3.63) is 35.9 Å². The lowest BCUT2D eigenvalue weighted by Gasteiger charge is -2.24. The summed E-state index contributed by atoms with van der Waals surface area (Å²) in [6.07, 6.45) is 0. The van der Waals surface area contributed by atoms with Crippen molar-refractivity contribution in [2.45, 2.75) is 12.6 Å². The maximum absolute atomic E-state index is 5.14. The minimum atomic E-state index is -0.285. The Morgan fingerprint density at radius 2 is 1.93 bits per heavy atom. The van der Waals surface area contributed by atoms with E-state index in [0.717, 1.165) is 5.11 Å². The van der Waals surface area contributed by atoms with Crippen LogP contribution in [0.4, 0.5) is 0 Å². The number of rotatable bonds is 1.